The topological polar surface area (TPSA) is 87.7 Å². The lowest BCUT2D eigenvalue weighted by Crippen LogP contribution is -2.49. The summed E-state index contributed by atoms with van der Waals surface area (Å²) >= 11 is 0. The zero-order chi connectivity index (χ0) is 12.0. The van der Waals surface area contributed by atoms with Crippen LogP contribution >= 0.6 is 0 Å². The molecule has 0 aromatic rings. The molecule has 3 N–H and O–H groups in total. The quantitative estimate of drug-likeness (QED) is 0.575. The number of hydrogen-bond donors (Lipinski definition) is 3. The molecule has 1 heterocycles. The molecule has 2 atom stereocenters. The molecule has 0 aromatic heterocycles. The number of carbonyl (C=O) groups excluding carboxylic acids is 1. The number of carbonyl (C=O) groups is 2. The third kappa shape index (κ3) is 3.79. The second kappa shape index (κ2) is 6.44. The standard InChI is InChI=1S/C10H18N2O4/c1-2-7(10(14)15)5-12-9(13)8-6-11-3-4-16-8/h7-8,11H,2-6H2,1H3,(H,12,13)(H,14,15). The summed E-state index contributed by atoms with van der Waals surface area (Å²) < 4.78 is 5.24. The van der Waals surface area contributed by atoms with E-state index in [1.807, 2.05) is 0 Å². The zero-order valence-corrected chi connectivity index (χ0v) is 9.36. The summed E-state index contributed by atoms with van der Waals surface area (Å²) in [6.07, 6.45) is -0.000561. The predicted molar refractivity (Wildman–Crippen MR) is 57.0 cm³/mol. The lowest BCUT2D eigenvalue weighted by atomic mass is 10.1. The van der Waals surface area contributed by atoms with E-state index in [4.69, 9.17) is 9.84 Å². The van der Waals surface area contributed by atoms with Gasteiger partial charge in [-0.15, -0.1) is 0 Å². The van der Waals surface area contributed by atoms with Crippen LogP contribution in [0.3, 0.4) is 0 Å². The molecular weight excluding hydrogens is 212 g/mol. The molecule has 0 bridgehead atoms. The normalized spacial score (nSPS) is 22.4. The number of carboxylic acid groups (broad SMARTS) is 1. The Hall–Kier alpha value is -1.14. The van der Waals surface area contributed by atoms with Crippen LogP contribution in [0.2, 0.25) is 0 Å². The molecule has 6 nitrogen and oxygen atoms in total. The Morgan fingerprint density at radius 1 is 1.62 bits per heavy atom. The van der Waals surface area contributed by atoms with Gasteiger partial charge in [-0.3, -0.25) is 9.59 Å². The summed E-state index contributed by atoms with van der Waals surface area (Å²) in [5.74, 6) is -1.65. The van der Waals surface area contributed by atoms with E-state index in [0.717, 1.165) is 6.54 Å². The number of rotatable bonds is 5. The highest BCUT2D eigenvalue weighted by molar-refractivity contribution is 5.81. The summed E-state index contributed by atoms with van der Waals surface area (Å²) in [5, 5.41) is 14.4. The molecule has 1 saturated heterocycles. The Kier molecular flexibility index (Phi) is 5.21. The Labute approximate surface area is 94.3 Å². The third-order valence-corrected chi connectivity index (χ3v) is 2.58. The molecular formula is C10H18N2O4. The molecule has 0 spiro atoms. The van der Waals surface area contributed by atoms with Crippen molar-refractivity contribution in [3.8, 4) is 0 Å². The first-order valence-electron chi connectivity index (χ1n) is 5.48. The Morgan fingerprint density at radius 3 is 2.88 bits per heavy atom. The zero-order valence-electron chi connectivity index (χ0n) is 9.36. The summed E-state index contributed by atoms with van der Waals surface area (Å²) in [5.41, 5.74) is 0. The summed E-state index contributed by atoms with van der Waals surface area (Å²) in [7, 11) is 0. The number of ether oxygens (including phenoxy) is 1. The van der Waals surface area contributed by atoms with E-state index in [1.165, 1.54) is 0 Å². The SMILES string of the molecule is CCC(CNC(=O)C1CNCCO1)C(=O)O. The Bertz CT molecular complexity index is 251. The first-order chi connectivity index (χ1) is 7.65. The molecule has 6 heteroatoms. The van der Waals surface area contributed by atoms with Gasteiger partial charge in [0.2, 0.25) is 5.91 Å². The van der Waals surface area contributed by atoms with Gasteiger partial charge in [0, 0.05) is 19.6 Å². The molecule has 1 rings (SSSR count). The van der Waals surface area contributed by atoms with Crippen molar-refractivity contribution in [2.45, 2.75) is 19.4 Å². The van der Waals surface area contributed by atoms with Gasteiger partial charge in [-0.2, -0.15) is 0 Å². The summed E-state index contributed by atoms with van der Waals surface area (Å²) in [4.78, 5) is 22.3. The van der Waals surface area contributed by atoms with Gasteiger partial charge in [-0.05, 0) is 6.42 Å². The highest BCUT2D eigenvalue weighted by Crippen LogP contribution is 2.02. The highest BCUT2D eigenvalue weighted by atomic mass is 16.5. The van der Waals surface area contributed by atoms with Crippen LogP contribution < -0.4 is 10.6 Å². The number of morpholine rings is 1. The van der Waals surface area contributed by atoms with Crippen LogP contribution in [0.15, 0.2) is 0 Å². The van der Waals surface area contributed by atoms with Gasteiger partial charge < -0.3 is 20.5 Å². The van der Waals surface area contributed by atoms with E-state index in [0.29, 0.717) is 19.6 Å². The van der Waals surface area contributed by atoms with Crippen molar-refractivity contribution in [3.63, 3.8) is 0 Å². The Balaban J connectivity index is 2.30. The minimum Gasteiger partial charge on any atom is -0.481 e. The largest absolute Gasteiger partial charge is 0.481 e. The molecule has 16 heavy (non-hydrogen) atoms. The summed E-state index contributed by atoms with van der Waals surface area (Å²) in [6.45, 7) is 3.68. The van der Waals surface area contributed by atoms with Crippen LogP contribution in [-0.4, -0.2) is 49.3 Å². The van der Waals surface area contributed by atoms with Crippen molar-refractivity contribution in [2.75, 3.05) is 26.2 Å². The van der Waals surface area contributed by atoms with Crippen molar-refractivity contribution in [3.05, 3.63) is 0 Å². The second-order valence-corrected chi connectivity index (χ2v) is 3.75. The van der Waals surface area contributed by atoms with E-state index in [1.54, 1.807) is 6.92 Å². The second-order valence-electron chi connectivity index (χ2n) is 3.75. The molecule has 0 aromatic carbocycles. The minimum absolute atomic E-state index is 0.157. The van der Waals surface area contributed by atoms with E-state index >= 15 is 0 Å². The number of aliphatic carboxylic acids is 1. The van der Waals surface area contributed by atoms with E-state index in [9.17, 15) is 9.59 Å². The molecule has 1 aliphatic heterocycles. The Morgan fingerprint density at radius 2 is 2.38 bits per heavy atom. The van der Waals surface area contributed by atoms with Crippen LogP contribution in [0.1, 0.15) is 13.3 Å². The van der Waals surface area contributed by atoms with Crippen LogP contribution in [0.4, 0.5) is 0 Å². The smallest absolute Gasteiger partial charge is 0.308 e. The average molecular weight is 230 g/mol. The number of nitrogens with one attached hydrogen (secondary N) is 2. The first-order valence-corrected chi connectivity index (χ1v) is 5.48. The van der Waals surface area contributed by atoms with Gasteiger partial charge in [0.1, 0.15) is 6.10 Å². The van der Waals surface area contributed by atoms with Crippen molar-refractivity contribution < 1.29 is 19.4 Å². The van der Waals surface area contributed by atoms with Crippen molar-refractivity contribution in [1.29, 1.82) is 0 Å². The number of hydrogen-bond acceptors (Lipinski definition) is 4. The van der Waals surface area contributed by atoms with Crippen LogP contribution in [0, 0.1) is 5.92 Å². The monoisotopic (exact) mass is 230 g/mol. The van der Waals surface area contributed by atoms with E-state index in [-0.39, 0.29) is 12.5 Å². The van der Waals surface area contributed by atoms with Gasteiger partial charge >= 0.3 is 5.97 Å². The van der Waals surface area contributed by atoms with Crippen LogP contribution in [0.5, 0.6) is 0 Å². The number of amides is 1. The fourth-order valence-corrected chi connectivity index (χ4v) is 1.48. The van der Waals surface area contributed by atoms with Gasteiger partial charge in [-0.25, -0.2) is 0 Å². The highest BCUT2D eigenvalue weighted by Gasteiger charge is 2.23. The van der Waals surface area contributed by atoms with Crippen LogP contribution in [-0.2, 0) is 14.3 Å². The molecule has 1 amide bonds. The molecule has 2 unspecified atom stereocenters. The molecule has 0 aliphatic carbocycles. The fourth-order valence-electron chi connectivity index (χ4n) is 1.48. The van der Waals surface area contributed by atoms with Crippen molar-refractivity contribution in [1.82, 2.24) is 10.6 Å². The average Bonchev–Trinajstić information content (AvgIpc) is 2.30. The maximum absolute atomic E-state index is 11.6. The molecule has 92 valence electrons. The van der Waals surface area contributed by atoms with Crippen molar-refractivity contribution in [2.24, 2.45) is 5.92 Å². The fraction of sp³-hybridized carbons (Fsp3) is 0.800. The third-order valence-electron chi connectivity index (χ3n) is 2.58. The van der Waals surface area contributed by atoms with Gasteiger partial charge in [0.05, 0.1) is 12.5 Å². The predicted octanol–water partition coefficient (Wildman–Crippen LogP) is -0.798. The van der Waals surface area contributed by atoms with E-state index < -0.39 is 18.0 Å². The van der Waals surface area contributed by atoms with Gasteiger partial charge in [0.25, 0.3) is 0 Å². The molecule has 1 fully saturated rings. The lowest BCUT2D eigenvalue weighted by Gasteiger charge is -2.23. The van der Waals surface area contributed by atoms with Gasteiger partial charge in [0.15, 0.2) is 0 Å². The maximum atomic E-state index is 11.6. The minimum atomic E-state index is -0.884. The molecule has 0 radical (unpaired) electrons. The molecule has 1 aliphatic rings. The number of carboxylic acids is 1. The maximum Gasteiger partial charge on any atom is 0.308 e. The van der Waals surface area contributed by atoms with Crippen molar-refractivity contribution >= 4 is 11.9 Å². The van der Waals surface area contributed by atoms with Gasteiger partial charge in [-0.1, -0.05) is 6.92 Å². The molecule has 0 saturated carbocycles. The van der Waals surface area contributed by atoms with Crippen LogP contribution in [0.25, 0.3) is 0 Å². The lowest BCUT2D eigenvalue weighted by molar-refractivity contribution is -0.142. The first kappa shape index (κ1) is 12.9. The summed E-state index contributed by atoms with van der Waals surface area (Å²) in [6, 6.07) is 0. The van der Waals surface area contributed by atoms with E-state index in [2.05, 4.69) is 10.6 Å².